The van der Waals surface area contributed by atoms with Crippen LogP contribution in [0, 0.1) is 0 Å². The molecule has 0 saturated heterocycles. The zero-order chi connectivity index (χ0) is 14.0. The molecule has 0 spiro atoms. The van der Waals surface area contributed by atoms with E-state index in [-0.39, 0.29) is 23.7 Å². The topological polar surface area (TPSA) is 78.4 Å². The first-order valence-electron chi connectivity index (χ1n) is 6.50. The highest BCUT2D eigenvalue weighted by atomic mass is 35.5. The molecule has 0 aliphatic heterocycles. The summed E-state index contributed by atoms with van der Waals surface area (Å²) in [7, 11) is 3.12. The van der Waals surface area contributed by atoms with E-state index in [1.165, 1.54) is 11.6 Å². The molecule has 20 heavy (non-hydrogen) atoms. The quantitative estimate of drug-likeness (QED) is 0.565. The molecule has 0 bridgehead atoms. The summed E-state index contributed by atoms with van der Waals surface area (Å²) in [4.78, 5) is 28.1. The van der Waals surface area contributed by atoms with Crippen molar-refractivity contribution in [2.45, 2.75) is 19.9 Å². The van der Waals surface area contributed by atoms with Gasteiger partial charge in [-0.3, -0.25) is 13.9 Å². The molecule has 0 amide bonds. The molecule has 0 aliphatic carbocycles. The Balaban J connectivity index is 0.00000200. The molecule has 2 aromatic heterocycles. The van der Waals surface area contributed by atoms with Crippen molar-refractivity contribution in [1.82, 2.24) is 18.7 Å². The Bertz CT molecular complexity index is 700. The van der Waals surface area contributed by atoms with Crippen molar-refractivity contribution in [2.75, 3.05) is 13.1 Å². The van der Waals surface area contributed by atoms with Crippen LogP contribution in [0.15, 0.2) is 15.9 Å². The van der Waals surface area contributed by atoms with E-state index in [4.69, 9.17) is 0 Å². The molecule has 2 aromatic rings. The van der Waals surface area contributed by atoms with E-state index in [1.807, 2.05) is 4.57 Å². The third-order valence-corrected chi connectivity index (χ3v) is 3.31. The van der Waals surface area contributed by atoms with E-state index >= 15 is 0 Å². The Labute approximate surface area is 122 Å². The van der Waals surface area contributed by atoms with Gasteiger partial charge in [-0.1, -0.05) is 0 Å². The van der Waals surface area contributed by atoms with Gasteiger partial charge in [-0.25, -0.2) is 9.78 Å². The van der Waals surface area contributed by atoms with Crippen molar-refractivity contribution in [1.29, 1.82) is 0 Å². The highest BCUT2D eigenvalue weighted by Gasteiger charge is 2.13. The molecule has 0 saturated carbocycles. The molecule has 0 unspecified atom stereocenters. The fraction of sp³-hybridized carbons (Fsp3) is 0.583. The Morgan fingerprint density at radius 1 is 1.25 bits per heavy atom. The number of nitrogens with zero attached hydrogens (tertiary/aromatic N) is 4. The minimum atomic E-state index is -0.345. The first-order chi connectivity index (χ1) is 9.07. The van der Waals surface area contributed by atoms with Gasteiger partial charge in [-0.15, -0.1) is 0 Å². The molecule has 0 aromatic carbocycles. The van der Waals surface area contributed by atoms with E-state index in [0.717, 1.165) is 30.6 Å². The second kappa shape index (κ2) is 6.71. The highest BCUT2D eigenvalue weighted by molar-refractivity contribution is 5.69. The van der Waals surface area contributed by atoms with Gasteiger partial charge in [0, 0.05) is 27.1 Å². The molecule has 2 N–H and O–H groups in total. The zero-order valence-electron chi connectivity index (χ0n) is 12.0. The Morgan fingerprint density at radius 2 is 1.95 bits per heavy atom. The van der Waals surface area contributed by atoms with Crippen LogP contribution in [0.25, 0.3) is 11.2 Å². The lowest BCUT2D eigenvalue weighted by Gasteiger charge is -2.06. The van der Waals surface area contributed by atoms with Gasteiger partial charge in [0.2, 0.25) is 0 Å². The second-order valence-corrected chi connectivity index (χ2v) is 4.66. The lowest BCUT2D eigenvalue weighted by atomic mass is 10.4. The maximum atomic E-state index is 12.2. The van der Waals surface area contributed by atoms with Gasteiger partial charge < -0.3 is 22.3 Å². The third-order valence-electron chi connectivity index (χ3n) is 3.31. The molecule has 8 heteroatoms. The van der Waals surface area contributed by atoms with Crippen molar-refractivity contribution in [3.05, 3.63) is 27.2 Å². The maximum absolute atomic E-state index is 12.2. The van der Waals surface area contributed by atoms with Gasteiger partial charge in [0.25, 0.3) is 5.56 Å². The van der Waals surface area contributed by atoms with Crippen molar-refractivity contribution in [3.63, 3.8) is 0 Å². The number of fused-ring (bicyclic) bond motifs is 1. The Hall–Kier alpha value is -1.60. The first kappa shape index (κ1) is 16.5. The number of nitrogens with two attached hydrogens (primary N) is 1. The number of aryl methyl sites for hydroxylation is 2. The minimum Gasteiger partial charge on any atom is -1.00 e. The van der Waals surface area contributed by atoms with E-state index < -0.39 is 0 Å². The van der Waals surface area contributed by atoms with E-state index in [2.05, 4.69) is 17.2 Å². The van der Waals surface area contributed by atoms with E-state index in [1.54, 1.807) is 13.4 Å². The number of halogens is 1. The average molecular weight is 302 g/mol. The molecule has 0 fully saturated rings. The standard InChI is InChI=1S/C12H19N5O2.ClH/c1-4-13-6-5-7-17-8-14-10-9(17)11(18)16(3)12(19)15(10)2;/h8,13H,4-7H2,1-3H3;1H. The summed E-state index contributed by atoms with van der Waals surface area (Å²) in [6.07, 6.45) is 2.60. The van der Waals surface area contributed by atoms with Gasteiger partial charge in [-0.2, -0.15) is 0 Å². The normalized spacial score (nSPS) is 10.8. The van der Waals surface area contributed by atoms with Crippen LogP contribution < -0.4 is 29.0 Å². The monoisotopic (exact) mass is 301 g/mol. The molecule has 2 heterocycles. The number of rotatable bonds is 5. The van der Waals surface area contributed by atoms with Gasteiger partial charge in [0.15, 0.2) is 11.2 Å². The van der Waals surface area contributed by atoms with Gasteiger partial charge in [0.1, 0.15) is 0 Å². The molecule has 7 nitrogen and oxygen atoms in total. The smallest absolute Gasteiger partial charge is 0.332 e. The lowest BCUT2D eigenvalue weighted by Crippen LogP contribution is -3.00. The fourth-order valence-corrected chi connectivity index (χ4v) is 2.18. The third kappa shape index (κ3) is 2.78. The number of hydrogen-bond donors (Lipinski definition) is 1. The second-order valence-electron chi connectivity index (χ2n) is 4.66. The molecule has 0 radical (unpaired) electrons. The SMILES string of the molecule is CC[NH2+]CCCn1cnc2c1c(=O)n(C)c(=O)n2C.[Cl-]. The molecule has 0 atom stereocenters. The number of imidazole rings is 1. The molecule has 0 aliphatic rings. The Morgan fingerprint density at radius 3 is 2.60 bits per heavy atom. The van der Waals surface area contributed by atoms with Crippen LogP contribution in [0.5, 0.6) is 0 Å². The number of aromatic nitrogens is 4. The van der Waals surface area contributed by atoms with E-state index in [9.17, 15) is 9.59 Å². The van der Waals surface area contributed by atoms with Crippen LogP contribution in [0.2, 0.25) is 0 Å². The van der Waals surface area contributed by atoms with Crippen LogP contribution in [0.4, 0.5) is 0 Å². The summed E-state index contributed by atoms with van der Waals surface area (Å²) in [5.74, 6) is 0. The van der Waals surface area contributed by atoms with Crippen LogP contribution >= 0.6 is 0 Å². The highest BCUT2D eigenvalue weighted by Crippen LogP contribution is 2.05. The van der Waals surface area contributed by atoms with Crippen molar-refractivity contribution < 1.29 is 17.7 Å². The molecule has 2 rings (SSSR count). The van der Waals surface area contributed by atoms with Crippen LogP contribution in [0.3, 0.4) is 0 Å². The number of hydrogen-bond acceptors (Lipinski definition) is 3. The molecular weight excluding hydrogens is 282 g/mol. The van der Waals surface area contributed by atoms with Crippen molar-refractivity contribution in [2.24, 2.45) is 14.1 Å². The summed E-state index contributed by atoms with van der Waals surface area (Å²) in [5, 5.41) is 2.22. The van der Waals surface area contributed by atoms with E-state index in [0.29, 0.717) is 11.2 Å². The van der Waals surface area contributed by atoms with Crippen molar-refractivity contribution in [3.8, 4) is 0 Å². The van der Waals surface area contributed by atoms with Gasteiger partial charge in [0.05, 0.1) is 19.4 Å². The molecule has 112 valence electrons. The first-order valence-corrected chi connectivity index (χ1v) is 6.50. The van der Waals surface area contributed by atoms with Gasteiger partial charge in [-0.05, 0) is 6.92 Å². The Kier molecular flexibility index (Phi) is 5.52. The van der Waals surface area contributed by atoms with Crippen molar-refractivity contribution >= 4 is 11.2 Å². The lowest BCUT2D eigenvalue weighted by molar-refractivity contribution is -0.652. The van der Waals surface area contributed by atoms with Crippen LogP contribution in [-0.2, 0) is 20.6 Å². The predicted molar refractivity (Wildman–Crippen MR) is 72.2 cm³/mol. The van der Waals surface area contributed by atoms with Gasteiger partial charge >= 0.3 is 5.69 Å². The number of quaternary nitrogens is 1. The summed E-state index contributed by atoms with van der Waals surface area (Å²) >= 11 is 0. The average Bonchev–Trinajstić information content (AvgIpc) is 2.83. The summed E-state index contributed by atoms with van der Waals surface area (Å²) in [6.45, 7) is 4.92. The minimum absolute atomic E-state index is 0. The zero-order valence-corrected chi connectivity index (χ0v) is 12.7. The van der Waals surface area contributed by atoms with Crippen LogP contribution in [-0.4, -0.2) is 31.8 Å². The molecular formula is C12H20ClN5O2. The summed E-state index contributed by atoms with van der Waals surface area (Å²) < 4.78 is 4.37. The predicted octanol–water partition coefficient (Wildman–Crippen LogP) is -4.59. The largest absolute Gasteiger partial charge is 1.00 e. The maximum Gasteiger partial charge on any atom is 0.332 e. The van der Waals surface area contributed by atoms with Crippen LogP contribution in [0.1, 0.15) is 13.3 Å². The summed E-state index contributed by atoms with van der Waals surface area (Å²) in [6, 6.07) is 0. The fourth-order valence-electron chi connectivity index (χ4n) is 2.18. The summed E-state index contributed by atoms with van der Waals surface area (Å²) in [5.41, 5.74) is 0.325.